The van der Waals surface area contributed by atoms with Crippen LogP contribution in [0.2, 0.25) is 0 Å². The van der Waals surface area contributed by atoms with E-state index >= 15 is 0 Å². The largest absolute Gasteiger partial charge is 0.393 e. The molecule has 5 aliphatic carbocycles. The maximum absolute atomic E-state index is 11.2. The first kappa shape index (κ1) is 17.4. The molecule has 6 atom stereocenters. The van der Waals surface area contributed by atoms with Gasteiger partial charge >= 0.3 is 0 Å². The van der Waals surface area contributed by atoms with E-state index in [0.717, 1.165) is 51.4 Å². The summed E-state index contributed by atoms with van der Waals surface area (Å²) >= 11 is 0. The molecule has 27 heavy (non-hydrogen) atoms. The predicted octanol–water partition coefficient (Wildman–Crippen LogP) is 3.29. The van der Waals surface area contributed by atoms with Crippen LogP contribution in [0.15, 0.2) is 11.6 Å². The summed E-state index contributed by atoms with van der Waals surface area (Å²) < 4.78 is 6.58. The Bertz CT molecular complexity index is 745. The molecule has 0 bridgehead atoms. The van der Waals surface area contributed by atoms with E-state index in [1.54, 1.807) is 0 Å². The van der Waals surface area contributed by atoms with Gasteiger partial charge < -0.3 is 20.1 Å². The van der Waals surface area contributed by atoms with E-state index < -0.39 is 16.8 Å². The highest BCUT2D eigenvalue weighted by Gasteiger charge is 2.84. The molecule has 1 heterocycles. The van der Waals surface area contributed by atoms with Crippen molar-refractivity contribution in [2.75, 3.05) is 0 Å². The maximum atomic E-state index is 11.2. The number of hydrogen-bond acceptors (Lipinski definition) is 4. The Balaban J connectivity index is 1.37. The molecular weight excluding hydrogens is 340 g/mol. The monoisotopic (exact) mass is 374 g/mol. The summed E-state index contributed by atoms with van der Waals surface area (Å²) in [6.45, 7) is 6.72. The summed E-state index contributed by atoms with van der Waals surface area (Å²) in [6, 6.07) is 0. The first-order chi connectivity index (χ1) is 12.5. The van der Waals surface area contributed by atoms with Gasteiger partial charge in [-0.3, -0.25) is 0 Å². The third kappa shape index (κ3) is 1.81. The number of aliphatic hydroxyl groups excluding tert-OH is 1. The highest BCUT2D eigenvalue weighted by atomic mass is 16.6. The molecule has 0 unspecified atom stereocenters. The Hall–Kier alpha value is -0.420. The van der Waals surface area contributed by atoms with E-state index in [2.05, 4.69) is 26.8 Å². The number of epoxide rings is 1. The van der Waals surface area contributed by atoms with Crippen LogP contribution < -0.4 is 0 Å². The summed E-state index contributed by atoms with van der Waals surface area (Å²) in [5.74, 6) is -0.685. The molecule has 0 aromatic carbocycles. The summed E-state index contributed by atoms with van der Waals surface area (Å²) in [7, 11) is 0. The van der Waals surface area contributed by atoms with Crippen LogP contribution in [-0.4, -0.2) is 38.4 Å². The van der Waals surface area contributed by atoms with Gasteiger partial charge in [-0.05, 0) is 74.2 Å². The number of hydrogen-bond donors (Lipinski definition) is 3. The minimum absolute atomic E-state index is 0.0108. The molecule has 0 amide bonds. The number of fused-ring (bicyclic) bond motifs is 3. The Morgan fingerprint density at radius 1 is 1.00 bits per heavy atom. The van der Waals surface area contributed by atoms with Crippen LogP contribution in [0.1, 0.15) is 78.6 Å². The summed E-state index contributed by atoms with van der Waals surface area (Å²) in [6.07, 6.45) is 10.1. The zero-order valence-corrected chi connectivity index (χ0v) is 16.9. The summed E-state index contributed by atoms with van der Waals surface area (Å²) in [4.78, 5) is 0. The van der Waals surface area contributed by atoms with E-state index in [1.165, 1.54) is 5.57 Å². The van der Waals surface area contributed by atoms with Gasteiger partial charge in [-0.15, -0.1) is 0 Å². The topological polar surface area (TPSA) is 73.2 Å². The van der Waals surface area contributed by atoms with Gasteiger partial charge in [0.2, 0.25) is 0 Å². The Kier molecular flexibility index (Phi) is 2.91. The van der Waals surface area contributed by atoms with Gasteiger partial charge in [-0.1, -0.05) is 26.8 Å². The smallest absolute Gasteiger partial charge is 0.171 e. The minimum Gasteiger partial charge on any atom is -0.393 e. The lowest BCUT2D eigenvalue weighted by molar-refractivity contribution is -0.311. The Labute approximate surface area is 162 Å². The molecule has 5 fully saturated rings. The Morgan fingerprint density at radius 3 is 2.44 bits per heavy atom. The molecule has 1 saturated heterocycles. The maximum Gasteiger partial charge on any atom is 0.171 e. The van der Waals surface area contributed by atoms with E-state index in [-0.39, 0.29) is 22.5 Å². The number of aliphatic hydroxyl groups is 3. The first-order valence-corrected chi connectivity index (χ1v) is 11.0. The van der Waals surface area contributed by atoms with Crippen molar-refractivity contribution < 1.29 is 20.1 Å². The first-order valence-electron chi connectivity index (χ1n) is 11.0. The lowest BCUT2D eigenvalue weighted by Gasteiger charge is -2.63. The van der Waals surface area contributed by atoms with Crippen molar-refractivity contribution in [2.45, 2.75) is 102 Å². The third-order valence-corrected chi connectivity index (χ3v) is 10.00. The Morgan fingerprint density at radius 2 is 1.74 bits per heavy atom. The van der Waals surface area contributed by atoms with Crippen molar-refractivity contribution in [1.82, 2.24) is 0 Å². The van der Waals surface area contributed by atoms with Crippen LogP contribution in [-0.2, 0) is 4.74 Å². The molecule has 3 N–H and O–H groups in total. The van der Waals surface area contributed by atoms with Crippen LogP contribution >= 0.6 is 0 Å². The second kappa shape index (κ2) is 4.50. The zero-order chi connectivity index (χ0) is 19.1. The number of ether oxygens (including phenoxy) is 1. The molecule has 150 valence electrons. The van der Waals surface area contributed by atoms with Gasteiger partial charge in [0.15, 0.2) is 5.79 Å². The van der Waals surface area contributed by atoms with E-state index in [4.69, 9.17) is 4.74 Å². The third-order valence-electron chi connectivity index (χ3n) is 10.00. The molecule has 6 aliphatic rings. The van der Waals surface area contributed by atoms with Crippen molar-refractivity contribution in [3.05, 3.63) is 11.6 Å². The van der Waals surface area contributed by atoms with Crippen molar-refractivity contribution in [2.24, 2.45) is 28.1 Å². The molecule has 4 nitrogen and oxygen atoms in total. The zero-order valence-electron chi connectivity index (χ0n) is 16.9. The van der Waals surface area contributed by atoms with E-state index in [1.807, 2.05) is 0 Å². The minimum atomic E-state index is -1.64. The average Bonchev–Trinajstić information content (AvgIpc) is 3.08. The second-order valence-corrected chi connectivity index (χ2v) is 12.1. The fraction of sp³-hybridized carbons (Fsp3) is 0.913. The molecule has 1 spiro atoms. The molecule has 0 aromatic rings. The second-order valence-electron chi connectivity index (χ2n) is 12.1. The highest BCUT2D eigenvalue weighted by Crippen LogP contribution is 2.79. The van der Waals surface area contributed by atoms with Gasteiger partial charge in [0, 0.05) is 17.3 Å². The van der Waals surface area contributed by atoms with Gasteiger partial charge in [-0.2, -0.15) is 0 Å². The molecular formula is C23H34O4. The SMILES string of the molecule is CC1(C)CC2(C1)C[C@@]13CC[C@@H]4C(=CC[C@]5(C)[C@@H](O)CC[C@@H]45)[C@@]1(CC2(O)O)O3. The van der Waals surface area contributed by atoms with Crippen molar-refractivity contribution in [1.29, 1.82) is 0 Å². The molecule has 4 heteroatoms. The van der Waals surface area contributed by atoms with E-state index in [0.29, 0.717) is 18.3 Å². The van der Waals surface area contributed by atoms with Gasteiger partial charge in [0.25, 0.3) is 0 Å². The lowest BCUT2D eigenvalue weighted by Crippen LogP contribution is -2.66. The average molecular weight is 375 g/mol. The predicted molar refractivity (Wildman–Crippen MR) is 101 cm³/mol. The van der Waals surface area contributed by atoms with Gasteiger partial charge in [0.05, 0.1) is 6.10 Å². The molecule has 4 saturated carbocycles. The molecule has 6 rings (SSSR count). The van der Waals surface area contributed by atoms with Crippen LogP contribution in [0.4, 0.5) is 0 Å². The molecule has 1 aliphatic heterocycles. The number of allylic oxidation sites excluding steroid dienone is 1. The summed E-state index contributed by atoms with van der Waals surface area (Å²) in [5.41, 5.74) is 0.544. The van der Waals surface area contributed by atoms with Crippen LogP contribution in [0.5, 0.6) is 0 Å². The molecule has 0 radical (unpaired) electrons. The summed E-state index contributed by atoms with van der Waals surface area (Å²) in [5, 5.41) is 32.9. The van der Waals surface area contributed by atoms with Crippen LogP contribution in [0.25, 0.3) is 0 Å². The fourth-order valence-electron chi connectivity index (χ4n) is 8.96. The molecule has 0 aromatic heterocycles. The fourth-order valence-corrected chi connectivity index (χ4v) is 8.96. The normalized spacial score (nSPS) is 55.5. The van der Waals surface area contributed by atoms with Gasteiger partial charge in [0.1, 0.15) is 11.2 Å². The number of rotatable bonds is 0. The van der Waals surface area contributed by atoms with Crippen LogP contribution in [0.3, 0.4) is 0 Å². The lowest BCUT2D eigenvalue weighted by atomic mass is 9.42. The van der Waals surface area contributed by atoms with Crippen LogP contribution in [0, 0.1) is 28.1 Å². The van der Waals surface area contributed by atoms with Gasteiger partial charge in [-0.25, -0.2) is 0 Å². The quantitative estimate of drug-likeness (QED) is 0.346. The van der Waals surface area contributed by atoms with Crippen molar-refractivity contribution in [3.8, 4) is 0 Å². The standard InChI is InChI=1S/C23H34O4/c1-18(2)10-20(11-18)12-21-9-6-14-15-4-5-17(24)19(15,3)8-7-16(14)22(21,27-21)13-23(20,25)26/h7,14-15,17,24-26H,4-6,8-13H2,1-3H3/t14-,15-,17-,19-,21-,22+/m0/s1. The van der Waals surface area contributed by atoms with Crippen molar-refractivity contribution >= 4 is 0 Å². The van der Waals surface area contributed by atoms with E-state index in [9.17, 15) is 15.3 Å². The highest BCUT2D eigenvalue weighted by molar-refractivity contribution is 5.45. The van der Waals surface area contributed by atoms with Crippen molar-refractivity contribution in [3.63, 3.8) is 0 Å².